The zero-order chi connectivity index (χ0) is 31.8. The van der Waals surface area contributed by atoms with Gasteiger partial charge in [0.1, 0.15) is 5.78 Å². The van der Waals surface area contributed by atoms with Gasteiger partial charge >= 0.3 is 0 Å². The molecule has 3 aromatic rings. The van der Waals surface area contributed by atoms with Crippen LogP contribution in [0.25, 0.3) is 0 Å². The summed E-state index contributed by atoms with van der Waals surface area (Å²) in [6, 6.07) is 19.9. The van der Waals surface area contributed by atoms with Crippen LogP contribution in [0.1, 0.15) is 80.4 Å². The molecule has 0 heterocycles. The van der Waals surface area contributed by atoms with Gasteiger partial charge in [0.05, 0.1) is 18.3 Å². The van der Waals surface area contributed by atoms with Crippen LogP contribution in [0.3, 0.4) is 0 Å². The number of aromatic hydroxyl groups is 3. The van der Waals surface area contributed by atoms with E-state index in [9.17, 15) is 30.3 Å². The number of carbonyl (C=O) groups is 1. The first kappa shape index (κ1) is 31.0. The van der Waals surface area contributed by atoms with Crippen molar-refractivity contribution in [1.82, 2.24) is 0 Å². The molecule has 6 atom stereocenters. The molecule has 2 saturated carbocycles. The van der Waals surface area contributed by atoms with Crippen LogP contribution in [0, 0.1) is 23.7 Å². The molecule has 6 unspecified atom stereocenters. The molecule has 236 valence electrons. The highest BCUT2D eigenvalue weighted by molar-refractivity contribution is 5.81. The number of fused-ring (bicyclic) bond motifs is 3. The number of Topliss-reactive ketones (excluding diaryl/α,β-unsaturated/α-hetero) is 1. The van der Waals surface area contributed by atoms with Crippen LogP contribution in [-0.2, 0) is 16.6 Å². The van der Waals surface area contributed by atoms with E-state index < -0.39 is 22.5 Å². The van der Waals surface area contributed by atoms with Gasteiger partial charge in [-0.25, -0.2) is 0 Å². The Morgan fingerprint density at radius 2 is 1.62 bits per heavy atom. The maximum absolute atomic E-state index is 14.1. The largest absolute Gasteiger partial charge is 0.504 e. The summed E-state index contributed by atoms with van der Waals surface area (Å²) in [5, 5.41) is 55.8. The number of rotatable bonds is 5. The Labute approximate surface area is 264 Å². The van der Waals surface area contributed by atoms with Crippen molar-refractivity contribution in [3.8, 4) is 34.8 Å². The standard InChI is InChI=1S/C38H42O7/c1-45-34-21-27(12-14-32(34)41)30-23-29(39)24-36(43)18-19-37(44)16-5-6-17-38(37,28-13-15-31(40)33(42)22-28)35(36)11-7-10-26(30)20-25-8-3-2-4-9-25/h2-4,8-9,12-15,21-22,26,30,35,40-44H,5-6,11,16-20,23-24H2,1H3. The second-order valence-corrected chi connectivity index (χ2v) is 13.3. The summed E-state index contributed by atoms with van der Waals surface area (Å²) in [6.45, 7) is 0. The van der Waals surface area contributed by atoms with Gasteiger partial charge in [-0.3, -0.25) is 4.79 Å². The summed E-state index contributed by atoms with van der Waals surface area (Å²) in [4.78, 5) is 14.1. The molecular weight excluding hydrogens is 568 g/mol. The van der Waals surface area contributed by atoms with Gasteiger partial charge in [0.2, 0.25) is 0 Å². The van der Waals surface area contributed by atoms with E-state index in [1.807, 2.05) is 36.4 Å². The lowest BCUT2D eigenvalue weighted by Gasteiger charge is -2.62. The second kappa shape index (κ2) is 12.1. The molecule has 45 heavy (non-hydrogen) atoms. The summed E-state index contributed by atoms with van der Waals surface area (Å²) in [7, 11) is 1.49. The lowest BCUT2D eigenvalue weighted by Crippen LogP contribution is -2.67. The highest BCUT2D eigenvalue weighted by Crippen LogP contribution is 2.62. The Morgan fingerprint density at radius 3 is 2.38 bits per heavy atom. The van der Waals surface area contributed by atoms with E-state index in [1.54, 1.807) is 18.2 Å². The Balaban J connectivity index is 1.49. The summed E-state index contributed by atoms with van der Waals surface area (Å²) >= 11 is 0. The lowest BCUT2D eigenvalue weighted by atomic mass is 9.44. The fourth-order valence-electron chi connectivity index (χ4n) is 8.70. The molecule has 3 aliphatic carbocycles. The fourth-order valence-corrected chi connectivity index (χ4v) is 8.70. The molecule has 0 aromatic heterocycles. The van der Waals surface area contributed by atoms with E-state index in [4.69, 9.17) is 4.74 Å². The minimum Gasteiger partial charge on any atom is -0.504 e. The Kier molecular flexibility index (Phi) is 8.32. The van der Waals surface area contributed by atoms with E-state index in [1.165, 1.54) is 19.2 Å². The predicted molar refractivity (Wildman–Crippen MR) is 170 cm³/mol. The summed E-state index contributed by atoms with van der Waals surface area (Å²) in [5.74, 6) is 5.56. The minimum absolute atomic E-state index is 0.0167. The molecular formula is C38H42O7. The first-order chi connectivity index (χ1) is 21.6. The summed E-state index contributed by atoms with van der Waals surface area (Å²) in [5.41, 5.74) is -0.968. The molecule has 7 nitrogen and oxygen atoms in total. The number of aliphatic hydroxyl groups is 2. The maximum atomic E-state index is 14.1. The molecule has 2 fully saturated rings. The van der Waals surface area contributed by atoms with Crippen LogP contribution in [0.4, 0.5) is 0 Å². The molecule has 0 amide bonds. The smallest absolute Gasteiger partial charge is 0.160 e. The Hall–Kier alpha value is -3.99. The average Bonchev–Trinajstić information content (AvgIpc) is 3.03. The van der Waals surface area contributed by atoms with Crippen LogP contribution in [-0.4, -0.2) is 49.6 Å². The lowest BCUT2D eigenvalue weighted by molar-refractivity contribution is -0.197. The number of phenolic OH excluding ortho intramolecular Hbond substituents is 3. The third-order valence-electron chi connectivity index (χ3n) is 10.9. The SMILES string of the molecule is COc1cc(C2CC(=O)CC3(O)CCC4(O)CCCCC4(c4ccc(O)c(O)c4)C3CC#CC2Cc2ccccc2)ccc1O. The molecule has 0 spiro atoms. The van der Waals surface area contributed by atoms with Crippen molar-refractivity contribution in [2.24, 2.45) is 11.8 Å². The predicted octanol–water partition coefficient (Wildman–Crippen LogP) is 5.90. The number of benzene rings is 3. The summed E-state index contributed by atoms with van der Waals surface area (Å²) < 4.78 is 5.40. The van der Waals surface area contributed by atoms with E-state index in [0.29, 0.717) is 37.0 Å². The van der Waals surface area contributed by atoms with Crippen LogP contribution >= 0.6 is 0 Å². The van der Waals surface area contributed by atoms with Crippen LogP contribution < -0.4 is 4.74 Å². The van der Waals surface area contributed by atoms with Crippen LogP contribution in [0.15, 0.2) is 66.7 Å². The van der Waals surface area contributed by atoms with Crippen molar-refractivity contribution >= 4 is 5.78 Å². The van der Waals surface area contributed by atoms with Gasteiger partial charge in [0, 0.05) is 42.4 Å². The van der Waals surface area contributed by atoms with Crippen molar-refractivity contribution in [2.45, 2.75) is 86.7 Å². The number of methoxy groups -OCH3 is 1. The molecule has 7 heteroatoms. The van der Waals surface area contributed by atoms with Gasteiger partial charge < -0.3 is 30.3 Å². The number of hydrogen-bond acceptors (Lipinski definition) is 7. The van der Waals surface area contributed by atoms with Crippen molar-refractivity contribution in [3.63, 3.8) is 0 Å². The van der Waals surface area contributed by atoms with Gasteiger partial charge in [-0.1, -0.05) is 61.2 Å². The monoisotopic (exact) mass is 610 g/mol. The first-order valence-corrected chi connectivity index (χ1v) is 16.0. The number of phenols is 3. The van der Waals surface area contributed by atoms with Crippen molar-refractivity contribution in [3.05, 3.63) is 83.4 Å². The normalized spacial score (nSPS) is 31.5. The van der Waals surface area contributed by atoms with E-state index in [2.05, 4.69) is 11.8 Å². The van der Waals surface area contributed by atoms with Crippen molar-refractivity contribution < 1.29 is 35.1 Å². The van der Waals surface area contributed by atoms with Gasteiger partial charge in [-0.05, 0) is 73.1 Å². The molecule has 5 N–H and O–H groups in total. The molecule has 3 aliphatic rings. The van der Waals surface area contributed by atoms with E-state index in [-0.39, 0.29) is 60.6 Å². The molecule has 0 bridgehead atoms. The third kappa shape index (κ3) is 5.55. The molecule has 0 aliphatic heterocycles. The van der Waals surface area contributed by atoms with E-state index >= 15 is 0 Å². The number of ketones is 1. The minimum atomic E-state index is -1.42. The number of carbonyl (C=O) groups excluding carboxylic acids is 1. The van der Waals surface area contributed by atoms with Crippen molar-refractivity contribution in [1.29, 1.82) is 0 Å². The molecule has 3 aromatic carbocycles. The van der Waals surface area contributed by atoms with E-state index in [0.717, 1.165) is 24.0 Å². The number of ether oxygens (including phenoxy) is 1. The Morgan fingerprint density at radius 1 is 0.867 bits per heavy atom. The zero-order valence-electron chi connectivity index (χ0n) is 25.7. The van der Waals surface area contributed by atoms with Gasteiger partial charge in [-0.2, -0.15) is 0 Å². The number of hydrogen-bond donors (Lipinski definition) is 5. The van der Waals surface area contributed by atoms with Crippen molar-refractivity contribution in [2.75, 3.05) is 7.11 Å². The van der Waals surface area contributed by atoms with Crippen LogP contribution in [0.5, 0.6) is 23.0 Å². The highest BCUT2D eigenvalue weighted by atomic mass is 16.5. The molecule has 6 rings (SSSR count). The highest BCUT2D eigenvalue weighted by Gasteiger charge is 2.65. The molecule has 0 saturated heterocycles. The van der Waals surface area contributed by atoms with Crippen LogP contribution in [0.2, 0.25) is 0 Å². The summed E-state index contributed by atoms with van der Waals surface area (Å²) in [6.07, 6.45) is 4.28. The average molecular weight is 611 g/mol. The fraction of sp³-hybridized carbons (Fsp3) is 0.447. The Bertz CT molecular complexity index is 1620. The molecule has 0 radical (unpaired) electrons. The first-order valence-electron chi connectivity index (χ1n) is 16.0. The van der Waals surface area contributed by atoms with Gasteiger partial charge in [-0.15, -0.1) is 5.92 Å². The maximum Gasteiger partial charge on any atom is 0.160 e. The van der Waals surface area contributed by atoms with Gasteiger partial charge in [0.25, 0.3) is 0 Å². The van der Waals surface area contributed by atoms with Gasteiger partial charge in [0.15, 0.2) is 23.0 Å². The topological polar surface area (TPSA) is 127 Å². The second-order valence-electron chi connectivity index (χ2n) is 13.3. The quantitative estimate of drug-likeness (QED) is 0.180. The zero-order valence-corrected chi connectivity index (χ0v) is 25.7. The third-order valence-corrected chi connectivity index (χ3v) is 10.9.